The Hall–Kier alpha value is -1.08. The van der Waals surface area contributed by atoms with Gasteiger partial charge in [0.15, 0.2) is 5.16 Å². The summed E-state index contributed by atoms with van der Waals surface area (Å²) in [6.07, 6.45) is 5.15. The van der Waals surface area contributed by atoms with Gasteiger partial charge in [0.1, 0.15) is 11.9 Å². The number of H-pyrrole nitrogens is 1. The number of hydrogen-bond donors (Lipinski definition) is 2. The Labute approximate surface area is 110 Å². The van der Waals surface area contributed by atoms with Crippen LogP contribution in [0.25, 0.3) is 0 Å². The lowest BCUT2D eigenvalue weighted by Gasteiger charge is -2.37. The summed E-state index contributed by atoms with van der Waals surface area (Å²) in [5.74, 6) is -0.173. The van der Waals surface area contributed by atoms with Crippen molar-refractivity contribution in [3.63, 3.8) is 0 Å². The Balaban J connectivity index is 2.04. The average Bonchev–Trinajstić information content (AvgIpc) is 2.90. The highest BCUT2D eigenvalue weighted by Crippen LogP contribution is 2.37. The number of rotatable bonds is 4. The van der Waals surface area contributed by atoms with Crippen LogP contribution in [0.4, 0.5) is 0 Å². The van der Waals surface area contributed by atoms with E-state index in [1.165, 1.54) is 13.4 Å². The lowest BCUT2D eigenvalue weighted by atomic mass is 9.81. The summed E-state index contributed by atoms with van der Waals surface area (Å²) >= 11 is 1.64. The standard InChI is InChI=1S/C11H18N4O2S/c1-12-11(9(16)17-2)5-3-4-8(6-11)18-10-13-7-14-15-10/h7-8,12H,3-6H2,1-2H3,(H,13,14,15). The van der Waals surface area contributed by atoms with Crippen LogP contribution >= 0.6 is 11.8 Å². The van der Waals surface area contributed by atoms with Crippen molar-refractivity contribution >= 4 is 17.7 Å². The zero-order valence-corrected chi connectivity index (χ0v) is 11.4. The summed E-state index contributed by atoms with van der Waals surface area (Å²) in [5, 5.41) is 11.0. The topological polar surface area (TPSA) is 79.9 Å². The van der Waals surface area contributed by atoms with E-state index in [1.807, 2.05) is 7.05 Å². The number of esters is 1. The number of aromatic amines is 1. The molecule has 1 heterocycles. The Morgan fingerprint density at radius 2 is 2.56 bits per heavy atom. The SMILES string of the molecule is CNC1(C(=O)OC)CCCC(Sc2ncn[nH]2)C1. The van der Waals surface area contributed by atoms with E-state index in [-0.39, 0.29) is 5.97 Å². The number of carbonyl (C=O) groups is 1. The molecule has 0 amide bonds. The molecule has 1 aromatic heterocycles. The van der Waals surface area contributed by atoms with Gasteiger partial charge in [-0.05, 0) is 32.7 Å². The van der Waals surface area contributed by atoms with Crippen molar-refractivity contribution in [3.8, 4) is 0 Å². The molecule has 0 bridgehead atoms. The number of thioether (sulfide) groups is 1. The van der Waals surface area contributed by atoms with Gasteiger partial charge in [-0.25, -0.2) is 4.98 Å². The van der Waals surface area contributed by atoms with Gasteiger partial charge >= 0.3 is 5.97 Å². The fourth-order valence-electron chi connectivity index (χ4n) is 2.44. The van der Waals surface area contributed by atoms with E-state index in [9.17, 15) is 4.79 Å². The number of ether oxygens (including phenoxy) is 1. The summed E-state index contributed by atoms with van der Waals surface area (Å²) in [7, 11) is 3.26. The number of likely N-dealkylation sites (N-methyl/N-ethyl adjacent to an activating group) is 1. The number of hydrogen-bond acceptors (Lipinski definition) is 6. The van der Waals surface area contributed by atoms with Crippen LogP contribution in [0.5, 0.6) is 0 Å². The van der Waals surface area contributed by atoms with Crippen LogP contribution in [0.3, 0.4) is 0 Å². The molecule has 7 heteroatoms. The van der Waals surface area contributed by atoms with E-state index >= 15 is 0 Å². The number of carbonyl (C=O) groups excluding carboxylic acids is 1. The third-order valence-electron chi connectivity index (χ3n) is 3.43. The molecule has 100 valence electrons. The molecule has 1 aromatic rings. The van der Waals surface area contributed by atoms with Gasteiger partial charge in [-0.3, -0.25) is 9.89 Å². The monoisotopic (exact) mass is 270 g/mol. The molecule has 2 rings (SSSR count). The van der Waals surface area contributed by atoms with Crippen LogP contribution in [-0.4, -0.2) is 46.1 Å². The molecule has 2 atom stereocenters. The van der Waals surface area contributed by atoms with Gasteiger partial charge in [-0.15, -0.1) is 0 Å². The summed E-state index contributed by atoms with van der Waals surface area (Å²) in [6.45, 7) is 0. The van der Waals surface area contributed by atoms with Gasteiger partial charge in [0.2, 0.25) is 0 Å². The zero-order chi connectivity index (χ0) is 13.0. The van der Waals surface area contributed by atoms with Crippen molar-refractivity contribution in [2.24, 2.45) is 0 Å². The van der Waals surface area contributed by atoms with Crippen LogP contribution < -0.4 is 5.32 Å². The highest BCUT2D eigenvalue weighted by molar-refractivity contribution is 7.99. The van der Waals surface area contributed by atoms with E-state index in [2.05, 4.69) is 20.5 Å². The number of methoxy groups -OCH3 is 1. The second kappa shape index (κ2) is 5.71. The van der Waals surface area contributed by atoms with E-state index in [1.54, 1.807) is 11.8 Å². The van der Waals surface area contributed by atoms with Crippen LogP contribution in [0.2, 0.25) is 0 Å². The highest BCUT2D eigenvalue weighted by atomic mass is 32.2. The average molecular weight is 270 g/mol. The highest BCUT2D eigenvalue weighted by Gasteiger charge is 2.42. The smallest absolute Gasteiger partial charge is 0.326 e. The van der Waals surface area contributed by atoms with E-state index in [4.69, 9.17) is 4.74 Å². The van der Waals surface area contributed by atoms with Gasteiger partial charge in [0.05, 0.1) is 7.11 Å². The fourth-order valence-corrected chi connectivity index (χ4v) is 3.63. The molecule has 2 N–H and O–H groups in total. The van der Waals surface area contributed by atoms with E-state index in [0.717, 1.165) is 30.8 Å². The number of nitrogens with zero attached hydrogens (tertiary/aromatic N) is 2. The maximum absolute atomic E-state index is 11.9. The van der Waals surface area contributed by atoms with Crippen LogP contribution in [-0.2, 0) is 9.53 Å². The van der Waals surface area contributed by atoms with Crippen molar-refractivity contribution in [3.05, 3.63) is 6.33 Å². The van der Waals surface area contributed by atoms with Crippen molar-refractivity contribution in [1.82, 2.24) is 20.5 Å². The fraction of sp³-hybridized carbons (Fsp3) is 0.727. The molecule has 1 fully saturated rings. The zero-order valence-electron chi connectivity index (χ0n) is 10.6. The molecular formula is C11H18N4O2S. The maximum Gasteiger partial charge on any atom is 0.326 e. The van der Waals surface area contributed by atoms with Crippen molar-refractivity contribution in [2.45, 2.75) is 41.6 Å². The van der Waals surface area contributed by atoms with Crippen LogP contribution in [0.15, 0.2) is 11.5 Å². The first-order valence-corrected chi connectivity index (χ1v) is 6.87. The Bertz CT molecular complexity index is 398. The summed E-state index contributed by atoms with van der Waals surface area (Å²) < 4.78 is 4.92. The van der Waals surface area contributed by atoms with Crippen LogP contribution in [0, 0.1) is 0 Å². The molecule has 0 spiro atoms. The van der Waals surface area contributed by atoms with Gasteiger partial charge in [-0.1, -0.05) is 11.8 Å². The molecular weight excluding hydrogens is 252 g/mol. The molecule has 0 aromatic carbocycles. The molecule has 1 aliphatic rings. The van der Waals surface area contributed by atoms with Crippen LogP contribution in [0.1, 0.15) is 25.7 Å². The van der Waals surface area contributed by atoms with Gasteiger partial charge in [0.25, 0.3) is 0 Å². The quantitative estimate of drug-likeness (QED) is 0.794. The predicted octanol–water partition coefficient (Wildman–Crippen LogP) is 0.971. The Morgan fingerprint density at radius 3 is 3.17 bits per heavy atom. The minimum atomic E-state index is -0.551. The summed E-state index contributed by atoms with van der Waals surface area (Å²) in [5.41, 5.74) is -0.551. The predicted molar refractivity (Wildman–Crippen MR) is 68.3 cm³/mol. The first kappa shape index (κ1) is 13.4. The van der Waals surface area contributed by atoms with Gasteiger partial charge in [0, 0.05) is 5.25 Å². The largest absolute Gasteiger partial charge is 0.468 e. The minimum Gasteiger partial charge on any atom is -0.468 e. The van der Waals surface area contributed by atoms with Gasteiger partial charge in [-0.2, -0.15) is 5.10 Å². The lowest BCUT2D eigenvalue weighted by molar-refractivity contribution is -0.149. The second-order valence-corrected chi connectivity index (χ2v) is 5.74. The van der Waals surface area contributed by atoms with Crippen molar-refractivity contribution in [2.75, 3.05) is 14.2 Å². The molecule has 0 aliphatic heterocycles. The third-order valence-corrected chi connectivity index (χ3v) is 4.59. The Morgan fingerprint density at radius 1 is 1.72 bits per heavy atom. The van der Waals surface area contributed by atoms with E-state index in [0.29, 0.717) is 5.25 Å². The molecule has 1 saturated carbocycles. The maximum atomic E-state index is 11.9. The minimum absolute atomic E-state index is 0.173. The molecule has 0 radical (unpaired) electrons. The molecule has 0 saturated heterocycles. The third kappa shape index (κ3) is 2.67. The molecule has 18 heavy (non-hydrogen) atoms. The second-order valence-electron chi connectivity index (χ2n) is 4.45. The van der Waals surface area contributed by atoms with Crippen molar-refractivity contribution < 1.29 is 9.53 Å². The number of aromatic nitrogens is 3. The lowest BCUT2D eigenvalue weighted by Crippen LogP contribution is -2.54. The first-order valence-electron chi connectivity index (χ1n) is 5.99. The summed E-state index contributed by atoms with van der Waals surface area (Å²) in [6, 6.07) is 0. The normalized spacial score (nSPS) is 28.0. The Kier molecular flexibility index (Phi) is 4.23. The number of nitrogens with one attached hydrogen (secondary N) is 2. The van der Waals surface area contributed by atoms with E-state index < -0.39 is 5.54 Å². The van der Waals surface area contributed by atoms with Crippen molar-refractivity contribution in [1.29, 1.82) is 0 Å². The van der Waals surface area contributed by atoms with Gasteiger partial charge < -0.3 is 10.1 Å². The molecule has 2 unspecified atom stereocenters. The summed E-state index contributed by atoms with van der Waals surface area (Å²) in [4.78, 5) is 16.0. The molecule has 6 nitrogen and oxygen atoms in total. The first-order chi connectivity index (χ1) is 8.70. The molecule has 1 aliphatic carbocycles.